The lowest BCUT2D eigenvalue weighted by Crippen LogP contribution is -2.06. The average molecular weight is 231 g/mol. The minimum absolute atomic E-state index is 0.0962. The monoisotopic (exact) mass is 229 g/mol. The van der Waals surface area contributed by atoms with Gasteiger partial charge in [0.1, 0.15) is 0 Å². The SMILES string of the molecule is O=C1C(Cl)=C(Cl)[CH+]C(Cl)=C1Cl. The van der Waals surface area contributed by atoms with Crippen LogP contribution in [0.4, 0.5) is 0 Å². The molecule has 1 nitrogen and oxygen atoms in total. The molecular formula is C6HCl4O+. The molecule has 0 saturated heterocycles. The summed E-state index contributed by atoms with van der Waals surface area (Å²) in [6.45, 7) is 0. The Labute approximate surface area is 83.6 Å². The Morgan fingerprint density at radius 2 is 1.27 bits per heavy atom. The Morgan fingerprint density at radius 1 is 0.909 bits per heavy atom. The van der Waals surface area contributed by atoms with E-state index in [9.17, 15) is 4.79 Å². The first kappa shape index (κ1) is 9.27. The number of rotatable bonds is 0. The minimum atomic E-state index is -0.536. The maximum atomic E-state index is 11.0. The summed E-state index contributed by atoms with van der Waals surface area (Å²) in [5.41, 5.74) is 0. The van der Waals surface area contributed by atoms with Gasteiger partial charge in [-0.1, -0.05) is 23.2 Å². The molecule has 0 saturated carbocycles. The summed E-state index contributed by atoms with van der Waals surface area (Å²) in [5, 5.41) is 0.0410. The molecule has 0 atom stereocenters. The Bertz CT molecular complexity index is 250. The largest absolute Gasteiger partial charge is 0.327 e. The van der Waals surface area contributed by atoms with Crippen LogP contribution < -0.4 is 0 Å². The van der Waals surface area contributed by atoms with Gasteiger partial charge in [-0.3, -0.25) is 4.79 Å². The zero-order chi connectivity index (χ0) is 8.59. The summed E-state index contributed by atoms with van der Waals surface area (Å²) < 4.78 is 0. The van der Waals surface area contributed by atoms with E-state index in [2.05, 4.69) is 0 Å². The number of ketones is 1. The molecule has 0 bridgehead atoms. The van der Waals surface area contributed by atoms with E-state index in [0.717, 1.165) is 0 Å². The van der Waals surface area contributed by atoms with E-state index < -0.39 is 5.78 Å². The first-order valence-corrected chi connectivity index (χ1v) is 4.05. The Morgan fingerprint density at radius 3 is 1.64 bits per heavy atom. The average Bonchev–Trinajstić information content (AvgIpc) is 1.97. The van der Waals surface area contributed by atoms with Gasteiger partial charge in [0, 0.05) is 23.2 Å². The summed E-state index contributed by atoms with van der Waals surface area (Å²) in [6.07, 6.45) is 1.33. The first-order chi connectivity index (χ1) is 5.04. The molecule has 0 heterocycles. The van der Waals surface area contributed by atoms with Gasteiger partial charge in [0.25, 0.3) is 0 Å². The summed E-state index contributed by atoms with van der Waals surface area (Å²) in [5.74, 6) is -0.536. The van der Waals surface area contributed by atoms with Crippen molar-refractivity contribution in [2.45, 2.75) is 0 Å². The number of allylic oxidation sites excluding steroid dienone is 4. The summed E-state index contributed by atoms with van der Waals surface area (Å²) in [7, 11) is 0. The fourth-order valence-corrected chi connectivity index (χ4v) is 1.34. The third kappa shape index (κ3) is 1.67. The summed E-state index contributed by atoms with van der Waals surface area (Å²) >= 11 is 22.0. The molecule has 0 aliphatic heterocycles. The second-order valence-electron chi connectivity index (χ2n) is 1.80. The zero-order valence-electron chi connectivity index (χ0n) is 5.00. The Kier molecular flexibility index (Phi) is 2.76. The molecule has 5 heteroatoms. The number of halogens is 4. The number of Topliss-reactive ketones (excluding diaryl/α,β-unsaturated/α-hetero) is 1. The highest BCUT2D eigenvalue weighted by Crippen LogP contribution is 2.34. The van der Waals surface area contributed by atoms with Gasteiger partial charge in [-0.2, -0.15) is 0 Å². The molecular weight excluding hydrogens is 230 g/mol. The third-order valence-corrected chi connectivity index (χ3v) is 2.61. The maximum absolute atomic E-state index is 11.0. The molecule has 0 aromatic heterocycles. The third-order valence-electron chi connectivity index (χ3n) is 1.07. The van der Waals surface area contributed by atoms with E-state index >= 15 is 0 Å². The van der Waals surface area contributed by atoms with Gasteiger partial charge in [-0.25, -0.2) is 0 Å². The molecule has 0 aromatic rings. The van der Waals surface area contributed by atoms with Crippen molar-refractivity contribution in [3.63, 3.8) is 0 Å². The van der Waals surface area contributed by atoms with Crippen LogP contribution in [0.25, 0.3) is 0 Å². The quantitative estimate of drug-likeness (QED) is 0.585. The molecule has 1 aliphatic carbocycles. The maximum Gasteiger partial charge on any atom is 0.327 e. The van der Waals surface area contributed by atoms with E-state index in [4.69, 9.17) is 46.4 Å². The molecule has 0 spiro atoms. The van der Waals surface area contributed by atoms with Crippen LogP contribution in [0.5, 0.6) is 0 Å². The van der Waals surface area contributed by atoms with E-state index in [1.807, 2.05) is 0 Å². The second kappa shape index (κ2) is 3.28. The van der Waals surface area contributed by atoms with E-state index in [1.165, 1.54) is 6.42 Å². The van der Waals surface area contributed by atoms with Crippen LogP contribution in [0.2, 0.25) is 0 Å². The molecule has 0 aromatic carbocycles. The highest BCUT2D eigenvalue weighted by Gasteiger charge is 2.34. The smallest absolute Gasteiger partial charge is 0.254 e. The standard InChI is InChI=1S/C6HCl4O/c7-2-1-3(8)5(10)6(11)4(2)9/h1H/q+1. The van der Waals surface area contributed by atoms with Crippen LogP contribution in [0.15, 0.2) is 20.1 Å². The lowest BCUT2D eigenvalue weighted by atomic mass is 10.2. The predicted molar refractivity (Wildman–Crippen MR) is 46.8 cm³/mol. The van der Waals surface area contributed by atoms with E-state index in [1.54, 1.807) is 0 Å². The number of hydrogen-bond acceptors (Lipinski definition) is 1. The Hall–Kier alpha value is 0.180. The molecule has 11 heavy (non-hydrogen) atoms. The van der Waals surface area contributed by atoms with Gasteiger partial charge in [-0.05, 0) is 0 Å². The van der Waals surface area contributed by atoms with Gasteiger partial charge >= 0.3 is 5.78 Å². The molecule has 0 amide bonds. The molecule has 0 N–H and O–H groups in total. The van der Waals surface area contributed by atoms with Crippen LogP contribution >= 0.6 is 46.4 Å². The molecule has 0 radical (unpaired) electrons. The van der Waals surface area contributed by atoms with Gasteiger partial charge < -0.3 is 0 Å². The van der Waals surface area contributed by atoms with Crippen molar-refractivity contribution in [3.05, 3.63) is 26.5 Å². The van der Waals surface area contributed by atoms with Crippen molar-refractivity contribution >= 4 is 52.2 Å². The van der Waals surface area contributed by atoms with Crippen LogP contribution in [0.3, 0.4) is 0 Å². The van der Waals surface area contributed by atoms with Gasteiger partial charge in [-0.15, -0.1) is 0 Å². The van der Waals surface area contributed by atoms with Crippen molar-refractivity contribution in [2.75, 3.05) is 0 Å². The summed E-state index contributed by atoms with van der Waals surface area (Å²) in [4.78, 5) is 11.0. The number of carbonyl (C=O) groups is 1. The van der Waals surface area contributed by atoms with Crippen LogP contribution in [-0.4, -0.2) is 5.78 Å². The fourth-order valence-electron chi connectivity index (χ4n) is 0.551. The van der Waals surface area contributed by atoms with E-state index in [0.29, 0.717) is 0 Å². The fraction of sp³-hybridized carbons (Fsp3) is 0. The molecule has 1 aliphatic rings. The minimum Gasteiger partial charge on any atom is -0.254 e. The number of hydrogen-bond donors (Lipinski definition) is 0. The van der Waals surface area contributed by atoms with Gasteiger partial charge in [0.15, 0.2) is 10.1 Å². The second-order valence-corrected chi connectivity index (χ2v) is 3.37. The van der Waals surface area contributed by atoms with Crippen LogP contribution in [0, 0.1) is 6.42 Å². The predicted octanol–water partition coefficient (Wildman–Crippen LogP) is 3.15. The highest BCUT2D eigenvalue weighted by molar-refractivity contribution is 6.61. The highest BCUT2D eigenvalue weighted by atomic mass is 35.5. The molecule has 0 fully saturated rings. The van der Waals surface area contributed by atoms with Crippen LogP contribution in [0.1, 0.15) is 0 Å². The van der Waals surface area contributed by atoms with E-state index in [-0.39, 0.29) is 20.1 Å². The van der Waals surface area contributed by atoms with Crippen molar-refractivity contribution in [1.82, 2.24) is 0 Å². The lowest BCUT2D eigenvalue weighted by Gasteiger charge is -1.99. The van der Waals surface area contributed by atoms with Crippen molar-refractivity contribution in [2.24, 2.45) is 0 Å². The first-order valence-electron chi connectivity index (χ1n) is 2.54. The molecule has 1 rings (SSSR count). The number of carbonyl (C=O) groups excluding carboxylic acids is 1. The van der Waals surface area contributed by atoms with Gasteiger partial charge in [0.2, 0.25) is 10.1 Å². The topological polar surface area (TPSA) is 17.1 Å². The lowest BCUT2D eigenvalue weighted by molar-refractivity contribution is -0.111. The Balaban J connectivity index is 3.09. The van der Waals surface area contributed by atoms with Crippen molar-refractivity contribution < 1.29 is 4.79 Å². The van der Waals surface area contributed by atoms with Crippen LogP contribution in [-0.2, 0) is 4.79 Å². The zero-order valence-corrected chi connectivity index (χ0v) is 8.02. The molecule has 0 unspecified atom stereocenters. The normalized spacial score (nSPS) is 19.1. The van der Waals surface area contributed by atoms with Gasteiger partial charge in [0.05, 0.1) is 6.42 Å². The molecule has 58 valence electrons. The van der Waals surface area contributed by atoms with Crippen molar-refractivity contribution in [1.29, 1.82) is 0 Å². The summed E-state index contributed by atoms with van der Waals surface area (Å²) in [6, 6.07) is 0. The van der Waals surface area contributed by atoms with Crippen molar-refractivity contribution in [3.8, 4) is 0 Å².